The van der Waals surface area contributed by atoms with E-state index in [9.17, 15) is 14.0 Å². The van der Waals surface area contributed by atoms with Crippen molar-refractivity contribution in [1.82, 2.24) is 4.90 Å². The molecule has 108 valence electrons. The van der Waals surface area contributed by atoms with Crippen LogP contribution in [0.3, 0.4) is 0 Å². The van der Waals surface area contributed by atoms with Crippen molar-refractivity contribution in [2.45, 2.75) is 19.8 Å². The minimum Gasteiger partial charge on any atom is -0.478 e. The lowest BCUT2D eigenvalue weighted by Crippen LogP contribution is -2.41. The van der Waals surface area contributed by atoms with Crippen LogP contribution < -0.4 is 5.32 Å². The molecule has 6 heteroatoms. The molecular weight excluding hydrogens is 263 g/mol. The van der Waals surface area contributed by atoms with E-state index < -0.39 is 17.3 Å². The van der Waals surface area contributed by atoms with Crippen molar-refractivity contribution in [2.75, 3.05) is 18.4 Å². The van der Waals surface area contributed by atoms with E-state index in [2.05, 4.69) is 12.2 Å². The highest BCUT2D eigenvalue weighted by atomic mass is 19.1. The van der Waals surface area contributed by atoms with Gasteiger partial charge in [-0.2, -0.15) is 0 Å². The monoisotopic (exact) mass is 280 g/mol. The van der Waals surface area contributed by atoms with Crippen molar-refractivity contribution in [1.29, 1.82) is 0 Å². The number of anilines is 1. The Morgan fingerprint density at radius 1 is 1.45 bits per heavy atom. The number of hydrogen-bond donors (Lipinski definition) is 2. The number of nitrogens with zero attached hydrogens (tertiary/aromatic N) is 1. The number of halogens is 1. The van der Waals surface area contributed by atoms with Crippen LogP contribution in [-0.2, 0) is 0 Å². The van der Waals surface area contributed by atoms with Gasteiger partial charge in [-0.15, -0.1) is 0 Å². The van der Waals surface area contributed by atoms with Crippen LogP contribution in [0.4, 0.5) is 14.9 Å². The Morgan fingerprint density at radius 3 is 2.80 bits per heavy atom. The van der Waals surface area contributed by atoms with Crippen LogP contribution in [0.1, 0.15) is 30.1 Å². The molecule has 1 aromatic rings. The summed E-state index contributed by atoms with van der Waals surface area (Å²) >= 11 is 0. The van der Waals surface area contributed by atoms with Crippen molar-refractivity contribution >= 4 is 17.7 Å². The highest BCUT2D eigenvalue weighted by Gasteiger charge is 2.21. The van der Waals surface area contributed by atoms with Gasteiger partial charge in [0.2, 0.25) is 0 Å². The van der Waals surface area contributed by atoms with Crippen molar-refractivity contribution in [3.63, 3.8) is 0 Å². The van der Waals surface area contributed by atoms with Gasteiger partial charge in [0, 0.05) is 18.8 Å². The lowest BCUT2D eigenvalue weighted by molar-refractivity contribution is 0.0692. The molecule has 1 atom stereocenters. The first kappa shape index (κ1) is 14.3. The van der Waals surface area contributed by atoms with Gasteiger partial charge >= 0.3 is 12.0 Å². The van der Waals surface area contributed by atoms with Gasteiger partial charge in [-0.3, -0.25) is 0 Å². The summed E-state index contributed by atoms with van der Waals surface area (Å²) in [4.78, 5) is 24.4. The minimum absolute atomic E-state index is 0.260. The number of rotatable bonds is 2. The van der Waals surface area contributed by atoms with Crippen LogP contribution in [0, 0.1) is 11.7 Å². The average Bonchev–Trinajstić information content (AvgIpc) is 2.38. The Morgan fingerprint density at radius 2 is 2.20 bits per heavy atom. The van der Waals surface area contributed by atoms with Crippen LogP contribution >= 0.6 is 0 Å². The third kappa shape index (κ3) is 3.26. The van der Waals surface area contributed by atoms with Gasteiger partial charge in [-0.1, -0.05) is 6.92 Å². The number of carboxylic acids is 1. The van der Waals surface area contributed by atoms with Crippen LogP contribution in [0.5, 0.6) is 0 Å². The quantitative estimate of drug-likeness (QED) is 0.875. The molecule has 0 radical (unpaired) electrons. The van der Waals surface area contributed by atoms with Gasteiger partial charge in [0.1, 0.15) is 5.82 Å². The van der Waals surface area contributed by atoms with Gasteiger partial charge in [0.05, 0.1) is 5.56 Å². The van der Waals surface area contributed by atoms with Gasteiger partial charge in [0.15, 0.2) is 0 Å². The molecule has 1 saturated heterocycles. The molecule has 1 heterocycles. The molecule has 1 fully saturated rings. The molecular formula is C14H17FN2O3. The number of aromatic carboxylic acids is 1. The minimum atomic E-state index is -1.33. The first-order valence-corrected chi connectivity index (χ1v) is 6.56. The normalized spacial score (nSPS) is 18.7. The molecule has 2 N–H and O–H groups in total. The molecule has 1 aromatic carbocycles. The second-order valence-corrected chi connectivity index (χ2v) is 5.12. The molecule has 0 bridgehead atoms. The lowest BCUT2D eigenvalue weighted by Gasteiger charge is -2.30. The van der Waals surface area contributed by atoms with E-state index in [0.717, 1.165) is 25.0 Å². The third-order valence-corrected chi connectivity index (χ3v) is 3.39. The molecule has 5 nitrogen and oxygen atoms in total. The second kappa shape index (κ2) is 5.90. The fourth-order valence-corrected chi connectivity index (χ4v) is 2.34. The SMILES string of the molecule is CC1CCCN(C(=O)Nc2ccc(C(=O)O)c(F)c2)C1. The van der Waals surface area contributed by atoms with Crippen molar-refractivity contribution < 1.29 is 19.1 Å². The molecule has 0 aliphatic carbocycles. The predicted octanol–water partition coefficient (Wildman–Crippen LogP) is 2.79. The largest absolute Gasteiger partial charge is 0.478 e. The Hall–Kier alpha value is -2.11. The summed E-state index contributed by atoms with van der Waals surface area (Å²) in [6, 6.07) is 3.28. The highest BCUT2D eigenvalue weighted by Crippen LogP contribution is 2.18. The summed E-state index contributed by atoms with van der Waals surface area (Å²) in [5.41, 5.74) is -0.148. The molecule has 1 aliphatic heterocycles. The molecule has 0 aromatic heterocycles. The lowest BCUT2D eigenvalue weighted by atomic mass is 10.0. The van der Waals surface area contributed by atoms with Crippen molar-refractivity contribution in [3.8, 4) is 0 Å². The predicted molar refractivity (Wildman–Crippen MR) is 72.3 cm³/mol. The number of piperidine rings is 1. The topological polar surface area (TPSA) is 69.6 Å². The van der Waals surface area contributed by atoms with Crippen molar-refractivity contribution in [2.24, 2.45) is 5.92 Å². The van der Waals surface area contributed by atoms with E-state index in [-0.39, 0.29) is 11.7 Å². The molecule has 0 saturated carbocycles. The van der Waals surface area contributed by atoms with E-state index in [1.807, 2.05) is 0 Å². The van der Waals surface area contributed by atoms with Gasteiger partial charge in [0.25, 0.3) is 0 Å². The van der Waals surface area contributed by atoms with E-state index in [1.165, 1.54) is 6.07 Å². The zero-order valence-electron chi connectivity index (χ0n) is 11.2. The van der Waals surface area contributed by atoms with E-state index in [1.54, 1.807) is 4.90 Å². The number of benzene rings is 1. The van der Waals surface area contributed by atoms with Crippen LogP contribution in [0.25, 0.3) is 0 Å². The summed E-state index contributed by atoms with van der Waals surface area (Å²) in [6.45, 7) is 3.45. The maximum absolute atomic E-state index is 13.5. The van der Waals surface area contributed by atoms with Crippen LogP contribution in [0.2, 0.25) is 0 Å². The Balaban J connectivity index is 2.04. The zero-order chi connectivity index (χ0) is 14.7. The maximum Gasteiger partial charge on any atom is 0.338 e. The first-order valence-electron chi connectivity index (χ1n) is 6.56. The number of hydrogen-bond acceptors (Lipinski definition) is 2. The number of carboxylic acid groups (broad SMARTS) is 1. The molecule has 1 unspecified atom stereocenters. The Bertz CT molecular complexity index is 533. The smallest absolute Gasteiger partial charge is 0.338 e. The molecule has 1 aliphatic rings. The van der Waals surface area contributed by atoms with Crippen LogP contribution in [-0.4, -0.2) is 35.1 Å². The number of amides is 2. The van der Waals surface area contributed by atoms with E-state index >= 15 is 0 Å². The Kier molecular flexibility index (Phi) is 4.22. The molecule has 2 rings (SSSR count). The zero-order valence-corrected chi connectivity index (χ0v) is 11.2. The van der Waals surface area contributed by atoms with Crippen LogP contribution in [0.15, 0.2) is 18.2 Å². The number of nitrogens with one attached hydrogen (secondary N) is 1. The summed E-state index contributed by atoms with van der Waals surface area (Å²) in [6.07, 6.45) is 2.06. The van der Waals surface area contributed by atoms with Gasteiger partial charge in [-0.25, -0.2) is 14.0 Å². The fraction of sp³-hybridized carbons (Fsp3) is 0.429. The average molecular weight is 280 g/mol. The van der Waals surface area contributed by atoms with Gasteiger partial charge in [-0.05, 0) is 37.0 Å². The second-order valence-electron chi connectivity index (χ2n) is 5.12. The van der Waals surface area contributed by atoms with Crippen molar-refractivity contribution in [3.05, 3.63) is 29.6 Å². The van der Waals surface area contributed by atoms with E-state index in [0.29, 0.717) is 19.0 Å². The maximum atomic E-state index is 13.5. The number of likely N-dealkylation sites (tertiary alicyclic amines) is 1. The van der Waals surface area contributed by atoms with Gasteiger partial charge < -0.3 is 15.3 Å². The molecule has 0 spiro atoms. The summed E-state index contributed by atoms with van der Waals surface area (Å²) in [5.74, 6) is -1.73. The molecule has 20 heavy (non-hydrogen) atoms. The number of carbonyl (C=O) groups is 2. The summed E-state index contributed by atoms with van der Waals surface area (Å²) < 4.78 is 13.5. The fourth-order valence-electron chi connectivity index (χ4n) is 2.34. The first-order chi connectivity index (χ1) is 9.47. The summed E-state index contributed by atoms with van der Waals surface area (Å²) in [5, 5.41) is 11.3. The van der Waals surface area contributed by atoms with E-state index in [4.69, 9.17) is 5.11 Å². The Labute approximate surface area is 116 Å². The molecule has 2 amide bonds. The standard InChI is InChI=1S/C14H17FN2O3/c1-9-3-2-6-17(8-9)14(20)16-10-4-5-11(13(18)19)12(15)7-10/h4-5,7,9H,2-3,6,8H2,1H3,(H,16,20)(H,18,19). The number of carbonyl (C=O) groups excluding carboxylic acids is 1. The highest BCUT2D eigenvalue weighted by molar-refractivity contribution is 5.91. The third-order valence-electron chi connectivity index (χ3n) is 3.39. The number of urea groups is 1. The summed E-state index contributed by atoms with van der Waals surface area (Å²) in [7, 11) is 0.